The first-order valence-corrected chi connectivity index (χ1v) is 10.9. The molecule has 0 spiro atoms. The Balaban J connectivity index is 1.49. The molecule has 0 bridgehead atoms. The fourth-order valence-electron chi connectivity index (χ4n) is 4.23. The van der Waals surface area contributed by atoms with Crippen LogP contribution in [0.5, 0.6) is 0 Å². The van der Waals surface area contributed by atoms with Gasteiger partial charge in [0, 0.05) is 6.54 Å². The van der Waals surface area contributed by atoms with Crippen molar-refractivity contribution < 1.29 is 18.4 Å². The Morgan fingerprint density at radius 2 is 1.85 bits per heavy atom. The minimum absolute atomic E-state index is 0.117. The molecule has 1 saturated heterocycles. The average Bonchev–Trinajstić information content (AvgIpc) is 3.28. The van der Waals surface area contributed by atoms with Crippen molar-refractivity contribution >= 4 is 23.2 Å². The van der Waals surface area contributed by atoms with E-state index in [-0.39, 0.29) is 18.2 Å². The van der Waals surface area contributed by atoms with E-state index in [0.29, 0.717) is 11.4 Å². The normalized spacial score (nSPS) is 15.4. The van der Waals surface area contributed by atoms with Crippen molar-refractivity contribution in [2.75, 3.05) is 23.3 Å². The van der Waals surface area contributed by atoms with Gasteiger partial charge in [-0.25, -0.2) is 8.78 Å². The first kappa shape index (κ1) is 22.5. The van der Waals surface area contributed by atoms with Crippen LogP contribution in [0.4, 0.5) is 20.2 Å². The highest BCUT2D eigenvalue weighted by atomic mass is 19.1. The quantitative estimate of drug-likeness (QED) is 0.558. The summed E-state index contributed by atoms with van der Waals surface area (Å²) in [5.74, 6) is -2.37. The zero-order valence-electron chi connectivity index (χ0n) is 18.3. The number of rotatable bonds is 6. The zero-order chi connectivity index (χ0) is 23.4. The molecule has 5 nitrogen and oxygen atoms in total. The molecule has 7 heteroatoms. The van der Waals surface area contributed by atoms with E-state index in [2.05, 4.69) is 27.7 Å². The number of nitrogens with one attached hydrogen (secondary N) is 2. The fourth-order valence-corrected chi connectivity index (χ4v) is 4.23. The lowest BCUT2D eigenvalue weighted by Crippen LogP contribution is -2.34. The highest BCUT2D eigenvalue weighted by Crippen LogP contribution is 2.40. The molecule has 3 aromatic rings. The lowest BCUT2D eigenvalue weighted by atomic mass is 10.0. The molecule has 1 aliphatic heterocycles. The Morgan fingerprint density at radius 3 is 2.64 bits per heavy atom. The molecule has 2 N–H and O–H groups in total. The van der Waals surface area contributed by atoms with Crippen LogP contribution in [0.25, 0.3) is 0 Å². The minimum Gasteiger partial charge on any atom is -0.363 e. The number of aryl methyl sites for hydroxylation is 1. The number of carbonyl (C=O) groups excluding carboxylic acids is 2. The lowest BCUT2D eigenvalue weighted by molar-refractivity contribution is -0.115. The molecule has 0 saturated carbocycles. The van der Waals surface area contributed by atoms with Gasteiger partial charge >= 0.3 is 0 Å². The highest BCUT2D eigenvalue weighted by molar-refractivity contribution is 6.00. The lowest BCUT2D eigenvalue weighted by Gasteiger charge is -2.29. The van der Waals surface area contributed by atoms with Crippen molar-refractivity contribution in [1.29, 1.82) is 0 Å². The number of hydrogen-bond donors (Lipinski definition) is 2. The minimum atomic E-state index is -0.693. The van der Waals surface area contributed by atoms with Gasteiger partial charge in [0.15, 0.2) is 0 Å². The van der Waals surface area contributed by atoms with Crippen molar-refractivity contribution in [3.8, 4) is 0 Å². The Bertz CT molecular complexity index is 1180. The van der Waals surface area contributed by atoms with E-state index in [9.17, 15) is 18.4 Å². The maximum absolute atomic E-state index is 14.1. The van der Waals surface area contributed by atoms with Crippen molar-refractivity contribution in [1.82, 2.24) is 5.32 Å². The molecule has 1 fully saturated rings. The van der Waals surface area contributed by atoms with Crippen molar-refractivity contribution in [2.24, 2.45) is 0 Å². The summed E-state index contributed by atoms with van der Waals surface area (Å²) in [6.45, 7) is 2.45. The highest BCUT2D eigenvalue weighted by Gasteiger charge is 2.28. The van der Waals surface area contributed by atoms with Gasteiger partial charge in [-0.05, 0) is 55.7 Å². The van der Waals surface area contributed by atoms with E-state index in [1.165, 1.54) is 42.0 Å². The smallest absolute Gasteiger partial charge is 0.254 e. The van der Waals surface area contributed by atoms with Gasteiger partial charge in [0.2, 0.25) is 5.91 Å². The fraction of sp³-hybridized carbons (Fsp3) is 0.231. The van der Waals surface area contributed by atoms with Gasteiger partial charge in [-0.15, -0.1) is 0 Å². The first-order chi connectivity index (χ1) is 15.9. The van der Waals surface area contributed by atoms with E-state index in [4.69, 9.17) is 0 Å². The van der Waals surface area contributed by atoms with Crippen molar-refractivity contribution in [3.63, 3.8) is 0 Å². The molecular formula is C26H25F2N3O2. The second-order valence-electron chi connectivity index (χ2n) is 8.14. The zero-order valence-corrected chi connectivity index (χ0v) is 18.3. The third-order valence-corrected chi connectivity index (χ3v) is 5.75. The topological polar surface area (TPSA) is 61.4 Å². The molecule has 0 radical (unpaired) electrons. The van der Waals surface area contributed by atoms with Crippen molar-refractivity contribution in [2.45, 2.75) is 25.8 Å². The van der Waals surface area contributed by atoms with E-state index in [1.807, 2.05) is 19.1 Å². The van der Waals surface area contributed by atoms with Crippen LogP contribution in [0.1, 0.15) is 40.4 Å². The molecule has 4 rings (SSSR count). The monoisotopic (exact) mass is 449 g/mol. The number of benzene rings is 3. The largest absolute Gasteiger partial charge is 0.363 e. The number of halogens is 2. The van der Waals surface area contributed by atoms with Gasteiger partial charge in [-0.2, -0.15) is 0 Å². The Kier molecular flexibility index (Phi) is 6.68. The summed E-state index contributed by atoms with van der Waals surface area (Å²) in [6, 6.07) is 18.2. The van der Waals surface area contributed by atoms with Gasteiger partial charge in [0.25, 0.3) is 5.91 Å². The second-order valence-corrected chi connectivity index (χ2v) is 8.14. The first-order valence-electron chi connectivity index (χ1n) is 10.9. The summed E-state index contributed by atoms with van der Waals surface area (Å²) in [5.41, 5.74) is 3.24. The molecule has 1 unspecified atom stereocenters. The van der Waals surface area contributed by atoms with Crippen LogP contribution in [-0.2, 0) is 4.79 Å². The number of amides is 2. The van der Waals surface area contributed by atoms with E-state index >= 15 is 0 Å². The van der Waals surface area contributed by atoms with Crippen LogP contribution in [-0.4, -0.2) is 24.9 Å². The van der Waals surface area contributed by atoms with Gasteiger partial charge in [0.1, 0.15) is 11.6 Å². The standard InChI is InChI=1S/C26H25F2N3O2/c1-17-6-4-7-18(14-17)23-10-5-13-31(23)24-12-11-19(27)15-22(24)30-25(32)16-29-26(33)20-8-2-3-9-21(20)28/h2-4,6-9,11-12,14-15,23H,5,10,13,16H2,1H3,(H,29,33)(H,30,32). The molecule has 1 heterocycles. The second kappa shape index (κ2) is 9.81. The molecule has 1 aliphatic rings. The van der Waals surface area contributed by atoms with Crippen molar-refractivity contribution in [3.05, 3.63) is 95.1 Å². The van der Waals surface area contributed by atoms with Gasteiger partial charge < -0.3 is 15.5 Å². The summed E-state index contributed by atoms with van der Waals surface area (Å²) in [7, 11) is 0. The Hall–Kier alpha value is -3.74. The Morgan fingerprint density at radius 1 is 1.03 bits per heavy atom. The molecular weight excluding hydrogens is 424 g/mol. The third-order valence-electron chi connectivity index (χ3n) is 5.75. The number of nitrogens with zero attached hydrogens (tertiary/aromatic N) is 1. The van der Waals surface area contributed by atoms with E-state index in [1.54, 1.807) is 6.07 Å². The average molecular weight is 450 g/mol. The Labute approximate surface area is 191 Å². The van der Waals surface area contributed by atoms with E-state index < -0.39 is 23.4 Å². The summed E-state index contributed by atoms with van der Waals surface area (Å²) in [4.78, 5) is 26.9. The predicted molar refractivity (Wildman–Crippen MR) is 124 cm³/mol. The van der Waals surface area contributed by atoms with Gasteiger partial charge in [-0.1, -0.05) is 42.0 Å². The van der Waals surface area contributed by atoms with Crippen LogP contribution >= 0.6 is 0 Å². The number of carbonyl (C=O) groups is 2. The SMILES string of the molecule is Cc1cccc(C2CCCN2c2ccc(F)cc2NC(=O)CNC(=O)c2ccccc2F)c1. The molecule has 33 heavy (non-hydrogen) atoms. The maximum Gasteiger partial charge on any atom is 0.254 e. The molecule has 0 aromatic heterocycles. The molecule has 3 aromatic carbocycles. The van der Waals surface area contributed by atoms with Crippen LogP contribution in [0, 0.1) is 18.6 Å². The van der Waals surface area contributed by atoms with Crippen LogP contribution in [0.2, 0.25) is 0 Å². The maximum atomic E-state index is 14.1. The van der Waals surface area contributed by atoms with E-state index in [0.717, 1.165) is 24.9 Å². The third kappa shape index (κ3) is 5.19. The molecule has 1 atom stereocenters. The predicted octanol–water partition coefficient (Wildman–Crippen LogP) is 4.98. The number of hydrogen-bond acceptors (Lipinski definition) is 3. The van der Waals surface area contributed by atoms with Crippen LogP contribution in [0.15, 0.2) is 66.7 Å². The summed E-state index contributed by atoms with van der Waals surface area (Å²) in [6.07, 6.45) is 1.93. The van der Waals surface area contributed by atoms with Crippen LogP contribution in [0.3, 0.4) is 0 Å². The molecule has 0 aliphatic carbocycles. The molecule has 2 amide bonds. The number of anilines is 2. The van der Waals surface area contributed by atoms with Gasteiger partial charge in [-0.3, -0.25) is 9.59 Å². The van der Waals surface area contributed by atoms with Crippen LogP contribution < -0.4 is 15.5 Å². The van der Waals surface area contributed by atoms with Gasteiger partial charge in [0.05, 0.1) is 29.5 Å². The summed E-state index contributed by atoms with van der Waals surface area (Å²) in [5, 5.41) is 5.11. The summed E-state index contributed by atoms with van der Waals surface area (Å²) < 4.78 is 27.8. The summed E-state index contributed by atoms with van der Waals surface area (Å²) >= 11 is 0. The molecule has 170 valence electrons.